The van der Waals surface area contributed by atoms with Gasteiger partial charge in [0.2, 0.25) is 0 Å². The Bertz CT molecular complexity index is 2290. The molecular formula is C48H48O4P2Se2. The number of benzene rings is 6. The molecule has 0 aliphatic carbocycles. The van der Waals surface area contributed by atoms with Crippen LogP contribution >= 0.6 is 11.0 Å². The second-order valence-electron chi connectivity index (χ2n) is 15.6. The zero-order chi connectivity index (χ0) is 39.5. The molecule has 0 saturated heterocycles. The number of rotatable bonds is 7. The van der Waals surface area contributed by atoms with Gasteiger partial charge in [-0.1, -0.05) is 0 Å². The number of ether oxygens (including phenoxy) is 4. The second-order valence-corrected chi connectivity index (χ2v) is 27.9. The summed E-state index contributed by atoms with van der Waals surface area (Å²) in [4.78, 5) is 0. The molecule has 6 aromatic carbocycles. The van der Waals surface area contributed by atoms with Crippen LogP contribution in [0.5, 0.6) is 23.0 Å². The predicted octanol–water partition coefficient (Wildman–Crippen LogP) is 8.12. The van der Waals surface area contributed by atoms with Gasteiger partial charge in [-0.2, -0.15) is 0 Å². The molecule has 2 aliphatic rings. The molecule has 0 atom stereocenters. The van der Waals surface area contributed by atoms with E-state index in [1.165, 1.54) is 76.3 Å². The summed E-state index contributed by atoms with van der Waals surface area (Å²) < 4.78 is 26.6. The molecule has 2 heterocycles. The number of hydrogen-bond acceptors (Lipinski definition) is 4. The minimum atomic E-state index is -2.52. The molecule has 0 unspecified atom stereocenters. The molecular weight excluding hydrogens is 860 g/mol. The van der Waals surface area contributed by atoms with Crippen molar-refractivity contribution in [1.82, 2.24) is 0 Å². The van der Waals surface area contributed by atoms with Gasteiger partial charge in [-0.25, -0.2) is 0 Å². The van der Waals surface area contributed by atoms with Gasteiger partial charge in [-0.05, 0) is 0 Å². The molecule has 0 radical (unpaired) electrons. The van der Waals surface area contributed by atoms with E-state index in [0.29, 0.717) is 26.4 Å². The van der Waals surface area contributed by atoms with Crippen LogP contribution in [0.4, 0.5) is 0 Å². The van der Waals surface area contributed by atoms with Crippen LogP contribution in [-0.4, -0.2) is 56.6 Å². The van der Waals surface area contributed by atoms with Gasteiger partial charge >= 0.3 is 349 Å². The van der Waals surface area contributed by atoms with Crippen molar-refractivity contribution >= 4 is 73.0 Å². The van der Waals surface area contributed by atoms with Gasteiger partial charge < -0.3 is 0 Å². The first-order valence-corrected chi connectivity index (χ1v) is 27.2. The van der Waals surface area contributed by atoms with E-state index in [2.05, 4.69) is 183 Å². The maximum atomic E-state index is 6.84. The molecule has 56 heavy (non-hydrogen) atoms. The van der Waals surface area contributed by atoms with Crippen LogP contribution in [0, 0.1) is 55.4 Å². The van der Waals surface area contributed by atoms with E-state index in [1.54, 1.807) is 0 Å². The Morgan fingerprint density at radius 2 is 0.607 bits per heavy atom. The number of aryl methyl sites for hydroxylation is 8. The van der Waals surface area contributed by atoms with Crippen molar-refractivity contribution in [3.05, 3.63) is 142 Å². The number of fused-ring (bicyclic) bond motifs is 2. The van der Waals surface area contributed by atoms with Crippen molar-refractivity contribution in [2.45, 2.75) is 55.4 Å². The van der Waals surface area contributed by atoms with Crippen molar-refractivity contribution < 1.29 is 18.9 Å². The van der Waals surface area contributed by atoms with Crippen LogP contribution in [0.1, 0.15) is 44.5 Å². The third kappa shape index (κ3) is 7.02. The third-order valence-corrected chi connectivity index (χ3v) is 24.4. The number of hydrogen-bond donors (Lipinski definition) is 0. The summed E-state index contributed by atoms with van der Waals surface area (Å²) in [5.41, 5.74) is 6.81. The predicted molar refractivity (Wildman–Crippen MR) is 241 cm³/mol. The normalized spacial score (nSPS) is 13.8. The quantitative estimate of drug-likeness (QED) is 0.120. The molecule has 0 amide bonds. The standard InChI is InChI=1S/C48H48O4P2Se2/c1-29-17-30(2)22-37(21-29)53(55,38-23-31(3)18-32(4)24-38)43-11-9-41-47(51-15-13-49-41)45(43)46-44(12-10-42-48(46)52-16-14-50-42)54(56,39-25-33(5)19-34(6)26-39)40-27-35(7)20-36(8)28-40/h9-12,17-28H,13-16H2,1-8H3. The topological polar surface area (TPSA) is 36.9 Å². The average Bonchev–Trinajstić information content (AvgIpc) is 3.15. The molecule has 0 aromatic heterocycles. The Balaban J connectivity index is 1.58. The van der Waals surface area contributed by atoms with Crippen molar-refractivity contribution in [3.8, 4) is 34.1 Å². The van der Waals surface area contributed by atoms with Gasteiger partial charge in [0, 0.05) is 0 Å². The van der Waals surface area contributed by atoms with E-state index < -0.39 is 11.0 Å². The SMILES string of the molecule is Cc1cc(C)cc(P(=[Se])(c2cc(C)cc(C)c2)c2ccc3c(c2-c2c(P(=[Se])(c4cc(C)cc(C)c4)c4cc(C)cc(C)c4)ccc4c2OCCO4)OCCO3)c1. The summed E-state index contributed by atoms with van der Waals surface area (Å²) in [7, 11) is 0. The second kappa shape index (κ2) is 15.3. The molecule has 6 aromatic rings. The van der Waals surface area contributed by atoms with Gasteiger partial charge in [0.15, 0.2) is 0 Å². The van der Waals surface area contributed by atoms with E-state index in [9.17, 15) is 0 Å². The fourth-order valence-corrected chi connectivity index (χ4v) is 19.6. The fraction of sp³-hybridized carbons (Fsp3) is 0.250. The summed E-state index contributed by atoms with van der Waals surface area (Å²) >= 11 is 7.88. The van der Waals surface area contributed by atoms with E-state index in [-0.39, 0.29) is 0 Å². The molecule has 2 aliphatic heterocycles. The van der Waals surface area contributed by atoms with Crippen LogP contribution in [-0.2, 0) is 0 Å². The first-order valence-electron chi connectivity index (χ1n) is 19.2. The van der Waals surface area contributed by atoms with E-state index in [0.717, 1.165) is 34.1 Å². The Morgan fingerprint density at radius 3 is 0.875 bits per heavy atom. The Morgan fingerprint density at radius 1 is 0.357 bits per heavy atom. The molecule has 0 spiro atoms. The van der Waals surface area contributed by atoms with Crippen LogP contribution in [0.2, 0.25) is 0 Å². The summed E-state index contributed by atoms with van der Waals surface area (Å²) in [6.45, 7) is 19.5. The van der Waals surface area contributed by atoms with Crippen LogP contribution in [0.25, 0.3) is 11.1 Å². The van der Waals surface area contributed by atoms with Crippen molar-refractivity contribution in [1.29, 1.82) is 0 Å². The fourth-order valence-electron chi connectivity index (χ4n) is 8.60. The van der Waals surface area contributed by atoms with Gasteiger partial charge in [-0.3, -0.25) is 0 Å². The first kappa shape index (κ1) is 39.3. The Hall–Kier alpha value is -3.58. The zero-order valence-electron chi connectivity index (χ0n) is 33.4. The average molecular weight is 909 g/mol. The van der Waals surface area contributed by atoms with E-state index in [1.807, 2.05) is 0 Å². The molecule has 286 valence electrons. The molecule has 0 N–H and O–H groups in total. The van der Waals surface area contributed by atoms with Gasteiger partial charge in [0.25, 0.3) is 0 Å². The van der Waals surface area contributed by atoms with Crippen LogP contribution in [0.15, 0.2) is 97.1 Å². The van der Waals surface area contributed by atoms with Gasteiger partial charge in [0.1, 0.15) is 0 Å². The monoisotopic (exact) mass is 910 g/mol. The summed E-state index contributed by atoms with van der Waals surface area (Å²) in [5, 5.41) is 7.44. The molecule has 0 saturated carbocycles. The Kier molecular flexibility index (Phi) is 10.7. The molecule has 0 bridgehead atoms. The first-order chi connectivity index (χ1) is 26.7. The molecule has 8 heteroatoms. The summed E-state index contributed by atoms with van der Waals surface area (Å²) in [5.74, 6) is 2.98. The zero-order valence-corrected chi connectivity index (χ0v) is 38.6. The van der Waals surface area contributed by atoms with Crippen molar-refractivity contribution in [3.63, 3.8) is 0 Å². The van der Waals surface area contributed by atoms with Gasteiger partial charge in [-0.15, -0.1) is 0 Å². The molecule has 4 nitrogen and oxygen atoms in total. The Labute approximate surface area is 347 Å². The van der Waals surface area contributed by atoms with E-state index >= 15 is 0 Å². The molecule has 8 rings (SSSR count). The minimum absolute atomic E-state index is 0.448. The van der Waals surface area contributed by atoms with Crippen molar-refractivity contribution in [2.24, 2.45) is 0 Å². The van der Waals surface area contributed by atoms with E-state index in [4.69, 9.17) is 18.9 Å². The van der Waals surface area contributed by atoms with Crippen LogP contribution < -0.4 is 50.8 Å². The maximum absolute atomic E-state index is 6.84. The molecule has 0 fully saturated rings. The van der Waals surface area contributed by atoms with Crippen LogP contribution in [0.3, 0.4) is 0 Å². The van der Waals surface area contributed by atoms with Gasteiger partial charge in [0.05, 0.1) is 0 Å². The van der Waals surface area contributed by atoms with Crippen molar-refractivity contribution in [2.75, 3.05) is 26.4 Å². The third-order valence-electron chi connectivity index (χ3n) is 10.6. The summed E-state index contributed by atoms with van der Waals surface area (Å²) in [6.07, 6.45) is 0. The summed E-state index contributed by atoms with van der Waals surface area (Å²) in [6, 6.07) is 36.8.